The molecule has 3 heterocycles. The minimum absolute atomic E-state index is 0.0423. The number of nitrogens with zero attached hydrogens (tertiary/aromatic N) is 3. The summed E-state index contributed by atoms with van der Waals surface area (Å²) in [6.07, 6.45) is 5.86. The molecule has 7 atom stereocenters. The van der Waals surface area contributed by atoms with E-state index in [9.17, 15) is 19.5 Å². The number of likely N-dealkylation sites (tertiary alicyclic amines) is 1. The molecule has 2 bridgehead atoms. The Hall–Kier alpha value is -2.19. The van der Waals surface area contributed by atoms with Gasteiger partial charge in [-0.3, -0.25) is 14.4 Å². The molecule has 3 rings (SSSR count). The molecule has 0 aromatic rings. The van der Waals surface area contributed by atoms with Crippen LogP contribution in [0.15, 0.2) is 25.3 Å². The minimum atomic E-state index is -1.07. The molecule has 35 heavy (non-hydrogen) atoms. The van der Waals surface area contributed by atoms with Crippen LogP contribution >= 0.6 is 0 Å². The van der Waals surface area contributed by atoms with Gasteiger partial charge in [0.25, 0.3) is 0 Å². The van der Waals surface area contributed by atoms with Crippen molar-refractivity contribution in [3.05, 3.63) is 25.3 Å². The normalized spacial score (nSPS) is 30.8. The number of rotatable bonds is 12. The van der Waals surface area contributed by atoms with Gasteiger partial charge in [0, 0.05) is 26.2 Å². The highest BCUT2D eigenvalue weighted by Crippen LogP contribution is 2.59. The summed E-state index contributed by atoms with van der Waals surface area (Å²) in [5.41, 5.74) is -1.07. The van der Waals surface area contributed by atoms with Crippen LogP contribution < -0.4 is 0 Å². The lowest BCUT2D eigenvalue weighted by Crippen LogP contribution is -2.60. The number of hydrogen-bond acceptors (Lipinski definition) is 5. The number of aliphatic hydroxyl groups is 1. The van der Waals surface area contributed by atoms with E-state index >= 15 is 0 Å². The van der Waals surface area contributed by atoms with E-state index in [4.69, 9.17) is 4.74 Å². The number of likely N-dealkylation sites (N-methyl/N-ethyl adjacent to an activating group) is 1. The zero-order chi connectivity index (χ0) is 26.1. The number of carbonyl (C=O) groups excluding carboxylic acids is 3. The second-order valence-electron chi connectivity index (χ2n) is 10.7. The fraction of sp³-hybridized carbons (Fsp3) is 0.741. The van der Waals surface area contributed by atoms with Crippen LogP contribution in [0.1, 0.15) is 53.4 Å². The first-order valence-electron chi connectivity index (χ1n) is 13.0. The molecule has 3 amide bonds. The first-order valence-corrected chi connectivity index (χ1v) is 13.0. The summed E-state index contributed by atoms with van der Waals surface area (Å²) in [6.45, 7) is 16.0. The molecule has 8 heteroatoms. The molecule has 0 saturated carbocycles. The molecule has 3 aliphatic heterocycles. The Morgan fingerprint density at radius 2 is 1.89 bits per heavy atom. The van der Waals surface area contributed by atoms with E-state index in [0.29, 0.717) is 25.9 Å². The Kier molecular flexibility index (Phi) is 8.48. The summed E-state index contributed by atoms with van der Waals surface area (Å²) in [5.74, 6) is -2.07. The summed E-state index contributed by atoms with van der Waals surface area (Å²) in [7, 11) is 1.70. The van der Waals surface area contributed by atoms with Crippen molar-refractivity contribution in [3.8, 4) is 0 Å². The maximum absolute atomic E-state index is 14.3. The van der Waals surface area contributed by atoms with Gasteiger partial charge in [-0.05, 0) is 32.1 Å². The van der Waals surface area contributed by atoms with Crippen LogP contribution in [0.5, 0.6) is 0 Å². The molecule has 1 spiro atoms. The van der Waals surface area contributed by atoms with Gasteiger partial charge in [-0.1, -0.05) is 39.3 Å². The number of carbonyl (C=O) groups is 3. The number of hydrogen-bond donors (Lipinski definition) is 1. The fourth-order valence-corrected chi connectivity index (χ4v) is 6.52. The van der Waals surface area contributed by atoms with Crippen molar-refractivity contribution in [1.82, 2.24) is 14.7 Å². The average molecular weight is 490 g/mol. The van der Waals surface area contributed by atoms with Crippen molar-refractivity contribution in [1.29, 1.82) is 0 Å². The highest BCUT2D eigenvalue weighted by atomic mass is 16.5. The Morgan fingerprint density at radius 1 is 1.23 bits per heavy atom. The molecule has 0 radical (unpaired) electrons. The van der Waals surface area contributed by atoms with Crippen LogP contribution in [-0.2, 0) is 19.1 Å². The van der Waals surface area contributed by atoms with Crippen LogP contribution in [-0.4, -0.2) is 94.1 Å². The number of fused-ring (bicyclic) bond motifs is 1. The van der Waals surface area contributed by atoms with Gasteiger partial charge in [0.1, 0.15) is 11.6 Å². The lowest BCUT2D eigenvalue weighted by Gasteiger charge is -2.41. The topological polar surface area (TPSA) is 90.4 Å². The Balaban J connectivity index is 2.11. The van der Waals surface area contributed by atoms with Gasteiger partial charge in [0.05, 0.1) is 30.6 Å². The van der Waals surface area contributed by atoms with Crippen molar-refractivity contribution in [3.63, 3.8) is 0 Å². The van der Waals surface area contributed by atoms with Crippen LogP contribution in [0.3, 0.4) is 0 Å². The number of aliphatic hydroxyl groups excluding tert-OH is 1. The predicted octanol–water partition coefficient (Wildman–Crippen LogP) is 2.23. The van der Waals surface area contributed by atoms with Crippen molar-refractivity contribution >= 4 is 17.7 Å². The van der Waals surface area contributed by atoms with E-state index < -0.39 is 35.6 Å². The zero-order valence-electron chi connectivity index (χ0n) is 22.0. The Morgan fingerprint density at radius 3 is 2.43 bits per heavy atom. The molecular weight excluding hydrogens is 446 g/mol. The summed E-state index contributed by atoms with van der Waals surface area (Å²) >= 11 is 0. The molecule has 1 N–H and O–H groups in total. The standard InChI is InChI=1S/C27H43N3O5/c1-8-11-18(6)29(15-10-3)26(34)23-27-13-12-20(35-27)21(24(32)28(7)14-9-2)22(27)25(33)30(23)19(16-31)17(4)5/h9-10,17-23,31H,2-3,8,11-16H2,1,4-7H3/t18?,19-,20+,21-,22-,23?,27?/m0/s1. The van der Waals surface area contributed by atoms with Gasteiger partial charge in [-0.15, -0.1) is 13.2 Å². The van der Waals surface area contributed by atoms with Crippen LogP contribution in [0.2, 0.25) is 0 Å². The minimum Gasteiger partial charge on any atom is -0.394 e. The quantitative estimate of drug-likeness (QED) is 0.425. The highest BCUT2D eigenvalue weighted by molar-refractivity contribution is 5.99. The van der Waals surface area contributed by atoms with Crippen molar-refractivity contribution in [2.45, 2.75) is 83.2 Å². The second kappa shape index (κ2) is 10.8. The van der Waals surface area contributed by atoms with Crippen LogP contribution in [0, 0.1) is 17.8 Å². The molecule has 3 saturated heterocycles. The Labute approximate surface area is 210 Å². The van der Waals surface area contributed by atoms with Gasteiger partial charge < -0.3 is 24.5 Å². The van der Waals surface area contributed by atoms with E-state index in [-0.39, 0.29) is 36.3 Å². The lowest BCUT2D eigenvalue weighted by atomic mass is 9.70. The van der Waals surface area contributed by atoms with E-state index in [1.807, 2.05) is 20.8 Å². The van der Waals surface area contributed by atoms with E-state index in [1.54, 1.807) is 33.9 Å². The second-order valence-corrected chi connectivity index (χ2v) is 10.7. The fourth-order valence-electron chi connectivity index (χ4n) is 6.52. The molecule has 0 aromatic heterocycles. The van der Waals surface area contributed by atoms with Crippen molar-refractivity contribution < 1.29 is 24.2 Å². The third-order valence-electron chi connectivity index (χ3n) is 8.20. The van der Waals surface area contributed by atoms with E-state index in [2.05, 4.69) is 20.1 Å². The maximum atomic E-state index is 14.3. The predicted molar refractivity (Wildman–Crippen MR) is 134 cm³/mol. The average Bonchev–Trinajstić information content (AvgIpc) is 3.45. The smallest absolute Gasteiger partial charge is 0.248 e. The summed E-state index contributed by atoms with van der Waals surface area (Å²) in [5, 5.41) is 10.3. The molecule has 0 aromatic carbocycles. The summed E-state index contributed by atoms with van der Waals surface area (Å²) < 4.78 is 6.53. The van der Waals surface area contributed by atoms with E-state index in [0.717, 1.165) is 12.8 Å². The molecule has 8 nitrogen and oxygen atoms in total. The summed E-state index contributed by atoms with van der Waals surface area (Å²) in [6, 6.07) is -1.47. The molecule has 196 valence electrons. The molecule has 0 aliphatic carbocycles. The maximum Gasteiger partial charge on any atom is 0.248 e. The molecule has 3 unspecified atom stereocenters. The first kappa shape index (κ1) is 27.4. The molecular formula is C27H43N3O5. The third kappa shape index (κ3) is 4.44. The van der Waals surface area contributed by atoms with Gasteiger partial charge in [0.15, 0.2) is 0 Å². The Bertz CT molecular complexity index is 845. The van der Waals surface area contributed by atoms with Gasteiger partial charge >= 0.3 is 0 Å². The van der Waals surface area contributed by atoms with Crippen LogP contribution in [0.25, 0.3) is 0 Å². The van der Waals surface area contributed by atoms with E-state index in [1.165, 1.54) is 0 Å². The largest absolute Gasteiger partial charge is 0.394 e. The molecule has 3 aliphatic rings. The number of ether oxygens (including phenoxy) is 1. The first-order chi connectivity index (χ1) is 16.6. The lowest BCUT2D eigenvalue weighted by molar-refractivity contribution is -0.154. The zero-order valence-corrected chi connectivity index (χ0v) is 22.0. The molecule has 3 fully saturated rings. The third-order valence-corrected chi connectivity index (χ3v) is 8.20. The summed E-state index contributed by atoms with van der Waals surface area (Å²) in [4.78, 5) is 46.8. The van der Waals surface area contributed by atoms with Gasteiger partial charge in [0.2, 0.25) is 17.7 Å². The van der Waals surface area contributed by atoms with Gasteiger partial charge in [-0.25, -0.2) is 0 Å². The van der Waals surface area contributed by atoms with Crippen molar-refractivity contribution in [2.75, 3.05) is 26.7 Å². The van der Waals surface area contributed by atoms with Crippen LogP contribution in [0.4, 0.5) is 0 Å². The highest BCUT2D eigenvalue weighted by Gasteiger charge is 2.75. The van der Waals surface area contributed by atoms with Gasteiger partial charge in [-0.2, -0.15) is 0 Å². The monoisotopic (exact) mass is 489 g/mol. The SMILES string of the molecule is C=CCN(C)C(=O)[C@@H]1[C@H]2C(=O)N([C@@H](CO)C(C)C)C(C(=O)N(CC=C)C(C)CCC)C23CC[C@H]1O3. The van der Waals surface area contributed by atoms with Crippen molar-refractivity contribution in [2.24, 2.45) is 17.8 Å². The number of amides is 3.